The van der Waals surface area contributed by atoms with Gasteiger partial charge in [0.2, 0.25) is 5.95 Å². The van der Waals surface area contributed by atoms with Crippen LogP contribution in [0.4, 0.5) is 24.9 Å². The molecular weight excluding hydrogens is 567 g/mol. The van der Waals surface area contributed by atoms with Crippen LogP contribution in [0.3, 0.4) is 0 Å². The molecule has 8 nitrogen and oxygen atoms in total. The Hall–Kier alpha value is -3.10. The lowest BCUT2D eigenvalue weighted by Gasteiger charge is -2.60. The summed E-state index contributed by atoms with van der Waals surface area (Å²) in [4.78, 5) is 11.2. The number of nitriles is 1. The largest absolute Gasteiger partial charge is 0.573 e. The van der Waals surface area contributed by atoms with E-state index in [0.29, 0.717) is 34.8 Å². The summed E-state index contributed by atoms with van der Waals surface area (Å²) < 4.78 is 42.7. The highest BCUT2D eigenvalue weighted by molar-refractivity contribution is 5.53. The zero-order valence-electron chi connectivity index (χ0n) is 25.7. The number of nitrogens with zero attached hydrogens (tertiary/aromatic N) is 4. The van der Waals surface area contributed by atoms with Crippen molar-refractivity contribution in [1.82, 2.24) is 20.2 Å². The lowest BCUT2D eigenvalue weighted by Crippen LogP contribution is -2.60. The summed E-state index contributed by atoms with van der Waals surface area (Å²) in [6.45, 7) is 1.94. The van der Waals surface area contributed by atoms with Gasteiger partial charge < -0.3 is 25.6 Å². The minimum Gasteiger partial charge on any atom is -0.405 e. The average molecular weight is 612 g/mol. The normalized spacial score (nSPS) is 31.1. The van der Waals surface area contributed by atoms with Crippen molar-refractivity contribution in [3.05, 3.63) is 41.6 Å². The Morgan fingerprint density at radius 3 is 2.45 bits per heavy atom. The van der Waals surface area contributed by atoms with Gasteiger partial charge in [0.25, 0.3) is 0 Å². The highest BCUT2D eigenvalue weighted by Gasteiger charge is 2.55. The van der Waals surface area contributed by atoms with Crippen molar-refractivity contribution in [2.45, 2.75) is 82.8 Å². The molecule has 5 saturated carbocycles. The van der Waals surface area contributed by atoms with Gasteiger partial charge in [0.05, 0.1) is 6.20 Å². The van der Waals surface area contributed by atoms with Crippen LogP contribution in [0.5, 0.6) is 5.75 Å². The molecule has 1 aromatic carbocycles. The Morgan fingerprint density at radius 1 is 1.05 bits per heavy atom. The van der Waals surface area contributed by atoms with Crippen molar-refractivity contribution in [1.29, 1.82) is 5.26 Å². The number of rotatable bonds is 11. The van der Waals surface area contributed by atoms with Gasteiger partial charge in [0.15, 0.2) is 0 Å². The molecule has 4 bridgehead atoms. The van der Waals surface area contributed by atoms with Crippen LogP contribution in [0, 0.1) is 40.4 Å². The topological polar surface area (TPSA) is 98.1 Å². The number of hydrogen-bond acceptors (Lipinski definition) is 8. The molecular formula is C33H44F3N7O. The van der Waals surface area contributed by atoms with E-state index in [1.165, 1.54) is 76.1 Å². The number of para-hydroxylation sites is 1. The van der Waals surface area contributed by atoms with E-state index >= 15 is 0 Å². The van der Waals surface area contributed by atoms with E-state index in [1.807, 2.05) is 0 Å². The quantitative estimate of drug-likeness (QED) is 0.277. The van der Waals surface area contributed by atoms with Crippen LogP contribution in [-0.2, 0) is 6.54 Å². The molecule has 0 aliphatic heterocycles. The molecule has 238 valence electrons. The molecule has 0 saturated heterocycles. The molecule has 2 aromatic rings. The second kappa shape index (κ2) is 12.7. The maximum absolute atomic E-state index is 12.8. The first-order chi connectivity index (χ1) is 21.1. The van der Waals surface area contributed by atoms with Crippen LogP contribution in [-0.4, -0.2) is 60.5 Å². The lowest BCUT2D eigenvalue weighted by atomic mass is 9.48. The van der Waals surface area contributed by atoms with Gasteiger partial charge in [-0.15, -0.1) is 13.2 Å². The Labute approximate surface area is 258 Å². The molecule has 1 aromatic heterocycles. The molecule has 5 fully saturated rings. The van der Waals surface area contributed by atoms with E-state index in [2.05, 4.69) is 55.7 Å². The van der Waals surface area contributed by atoms with Gasteiger partial charge in [-0.3, -0.25) is 0 Å². The molecule has 0 spiro atoms. The minimum atomic E-state index is -4.78. The fourth-order valence-corrected chi connectivity index (χ4v) is 8.91. The predicted molar refractivity (Wildman–Crippen MR) is 163 cm³/mol. The average Bonchev–Trinajstić information content (AvgIpc) is 2.98. The van der Waals surface area contributed by atoms with Gasteiger partial charge in [-0.05, 0) is 114 Å². The van der Waals surface area contributed by atoms with Gasteiger partial charge >= 0.3 is 6.36 Å². The smallest absolute Gasteiger partial charge is 0.405 e. The fourth-order valence-electron chi connectivity index (χ4n) is 8.91. The van der Waals surface area contributed by atoms with E-state index in [-0.39, 0.29) is 23.7 Å². The summed E-state index contributed by atoms with van der Waals surface area (Å²) in [5, 5.41) is 20.3. The van der Waals surface area contributed by atoms with Crippen molar-refractivity contribution < 1.29 is 17.9 Å². The Bertz CT molecular complexity index is 1320. The summed E-state index contributed by atoms with van der Waals surface area (Å²) in [5.41, 5.74) is 0.868. The monoisotopic (exact) mass is 611 g/mol. The predicted octanol–water partition coefficient (Wildman–Crippen LogP) is 6.18. The molecule has 1 heterocycles. The van der Waals surface area contributed by atoms with Crippen molar-refractivity contribution >= 4 is 11.8 Å². The minimum absolute atomic E-state index is 0.0397. The van der Waals surface area contributed by atoms with Crippen LogP contribution in [0.2, 0.25) is 0 Å². The van der Waals surface area contributed by atoms with Crippen LogP contribution in [0.1, 0.15) is 68.9 Å². The van der Waals surface area contributed by atoms with E-state index in [4.69, 9.17) is 0 Å². The number of benzene rings is 1. The lowest BCUT2D eigenvalue weighted by molar-refractivity contribution is -0.274. The molecule has 3 N–H and O–H groups in total. The zero-order valence-corrected chi connectivity index (χ0v) is 25.7. The molecule has 0 amide bonds. The third-order valence-corrected chi connectivity index (χ3v) is 10.8. The summed E-state index contributed by atoms with van der Waals surface area (Å²) in [7, 11) is 4.40. The van der Waals surface area contributed by atoms with E-state index < -0.39 is 6.36 Å². The summed E-state index contributed by atoms with van der Waals surface area (Å²) in [6.07, 6.45) is 8.13. The summed E-state index contributed by atoms with van der Waals surface area (Å²) in [6, 6.07) is 9.50. The van der Waals surface area contributed by atoms with Crippen molar-refractivity contribution in [2.24, 2.45) is 29.1 Å². The number of anilines is 2. The van der Waals surface area contributed by atoms with E-state index in [0.717, 1.165) is 31.0 Å². The maximum Gasteiger partial charge on any atom is 0.573 e. The first kappa shape index (κ1) is 30.9. The Morgan fingerprint density at radius 2 is 1.77 bits per heavy atom. The first-order valence-corrected chi connectivity index (χ1v) is 16.1. The number of ether oxygens (including phenoxy) is 1. The van der Waals surface area contributed by atoms with Crippen molar-refractivity contribution in [3.63, 3.8) is 0 Å². The molecule has 5 aliphatic rings. The van der Waals surface area contributed by atoms with Crippen LogP contribution in [0.25, 0.3) is 0 Å². The number of nitrogens with one attached hydrogen (secondary N) is 3. The highest BCUT2D eigenvalue weighted by atomic mass is 19.4. The number of aromatic nitrogens is 2. The van der Waals surface area contributed by atoms with Crippen LogP contribution in [0.15, 0.2) is 30.5 Å². The SMILES string of the molecule is CN(C)C1CCC(CNC2[C@@H]3CC4C[C@H]2CC(CNc2nc(NCc5ccccc5OC(F)(F)F)ncc2C#N)(C4)C3)CC1. The van der Waals surface area contributed by atoms with Crippen LogP contribution >= 0.6 is 0 Å². The van der Waals surface area contributed by atoms with Gasteiger partial charge in [-0.2, -0.15) is 10.2 Å². The highest BCUT2D eigenvalue weighted by Crippen LogP contribution is 2.60. The Balaban J connectivity index is 1.06. The standard InChI is InChI=1S/C33H44F3N7O/c1-43(2)27-9-7-21(8-10-27)17-38-29-24-11-22-12-25(29)15-32(13-22,14-24)20-41-30-26(16-37)19-40-31(42-30)39-18-23-5-3-4-6-28(23)44-33(34,35)36/h3-6,19,21-22,24-25,27,29,38H,7-15,17-18,20H2,1-2H3,(H2,39,40,41,42)/t21?,22?,24-,25+,27?,29?,32?. The third kappa shape index (κ3) is 7.07. The Kier molecular flexibility index (Phi) is 8.93. The first-order valence-electron chi connectivity index (χ1n) is 16.1. The van der Waals surface area contributed by atoms with Crippen molar-refractivity contribution in [2.75, 3.05) is 37.8 Å². The van der Waals surface area contributed by atoms with Crippen molar-refractivity contribution in [3.8, 4) is 11.8 Å². The molecule has 7 rings (SSSR count). The molecule has 3 unspecified atom stereocenters. The van der Waals surface area contributed by atoms with Gasteiger partial charge in [-0.1, -0.05) is 18.2 Å². The van der Waals surface area contributed by atoms with Gasteiger partial charge in [0, 0.05) is 30.7 Å². The van der Waals surface area contributed by atoms with Gasteiger partial charge in [0.1, 0.15) is 23.2 Å². The maximum atomic E-state index is 12.8. The molecule has 11 heteroatoms. The van der Waals surface area contributed by atoms with Crippen LogP contribution < -0.4 is 20.7 Å². The van der Waals surface area contributed by atoms with Gasteiger partial charge in [-0.25, -0.2) is 4.98 Å². The molecule has 5 atom stereocenters. The van der Waals surface area contributed by atoms with E-state index in [9.17, 15) is 18.4 Å². The summed E-state index contributed by atoms with van der Waals surface area (Å²) >= 11 is 0. The molecule has 5 aliphatic carbocycles. The second-order valence-electron chi connectivity index (χ2n) is 14.0. The number of halogens is 3. The second-order valence-corrected chi connectivity index (χ2v) is 14.0. The molecule has 0 radical (unpaired) electrons. The third-order valence-electron chi connectivity index (χ3n) is 10.8. The van der Waals surface area contributed by atoms with E-state index in [1.54, 1.807) is 12.1 Å². The molecule has 44 heavy (non-hydrogen) atoms. The summed E-state index contributed by atoms with van der Waals surface area (Å²) in [5.74, 6) is 3.36. The zero-order chi connectivity index (χ0) is 30.9. The fraction of sp³-hybridized carbons (Fsp3) is 0.667. The number of hydrogen-bond donors (Lipinski definition) is 3. The number of alkyl halides is 3.